The molecule has 9 heteroatoms. The molecule has 0 saturated carbocycles. The van der Waals surface area contributed by atoms with Crippen LogP contribution < -0.4 is 15.4 Å². The Hall–Kier alpha value is -2.10. The van der Waals surface area contributed by atoms with Gasteiger partial charge in [-0.1, -0.05) is 12.5 Å². The van der Waals surface area contributed by atoms with Gasteiger partial charge in [-0.25, -0.2) is 13.2 Å². The van der Waals surface area contributed by atoms with Crippen molar-refractivity contribution in [1.82, 2.24) is 9.62 Å². The van der Waals surface area contributed by atoms with Gasteiger partial charge in [-0.2, -0.15) is 4.31 Å². The lowest BCUT2D eigenvalue weighted by molar-refractivity contribution is 0.251. The number of ether oxygens (including phenoxy) is 1. The number of hydrogen-bond acceptors (Lipinski definition) is 4. The number of methoxy groups -OCH3 is 1. The molecular weight excluding hydrogens is 458 g/mol. The van der Waals surface area contributed by atoms with Crippen molar-refractivity contribution in [3.63, 3.8) is 0 Å². The topological polar surface area (TPSA) is 87.7 Å². The molecule has 1 heterocycles. The van der Waals surface area contributed by atoms with Crippen molar-refractivity contribution >= 4 is 37.7 Å². The highest BCUT2D eigenvalue weighted by molar-refractivity contribution is 9.10. The monoisotopic (exact) mass is 481 g/mol. The maximum absolute atomic E-state index is 12.7. The number of carbonyl (C=O) groups excluding carboxylic acids is 1. The van der Waals surface area contributed by atoms with E-state index in [4.69, 9.17) is 4.74 Å². The first-order valence-electron chi connectivity index (χ1n) is 9.37. The van der Waals surface area contributed by atoms with Crippen LogP contribution in [0.25, 0.3) is 0 Å². The molecule has 0 unspecified atom stereocenters. The molecule has 2 amide bonds. The maximum atomic E-state index is 12.7. The Morgan fingerprint density at radius 2 is 1.79 bits per heavy atom. The van der Waals surface area contributed by atoms with Crippen LogP contribution in [0.5, 0.6) is 5.75 Å². The molecule has 2 aromatic carbocycles. The van der Waals surface area contributed by atoms with E-state index in [9.17, 15) is 13.2 Å². The highest BCUT2D eigenvalue weighted by atomic mass is 79.9. The van der Waals surface area contributed by atoms with Crippen molar-refractivity contribution in [2.75, 3.05) is 25.5 Å². The fraction of sp³-hybridized carbons (Fsp3) is 0.350. The largest absolute Gasteiger partial charge is 0.496 e. The van der Waals surface area contributed by atoms with Crippen molar-refractivity contribution in [3.05, 3.63) is 52.5 Å². The first kappa shape index (κ1) is 21.6. The van der Waals surface area contributed by atoms with Gasteiger partial charge in [0.05, 0.1) is 16.5 Å². The molecule has 2 aromatic rings. The summed E-state index contributed by atoms with van der Waals surface area (Å²) in [7, 11) is -1.88. The third kappa shape index (κ3) is 5.49. The average Bonchev–Trinajstić information content (AvgIpc) is 2.73. The van der Waals surface area contributed by atoms with Crippen molar-refractivity contribution in [3.8, 4) is 5.75 Å². The van der Waals surface area contributed by atoms with Crippen LogP contribution in [0.1, 0.15) is 24.8 Å². The van der Waals surface area contributed by atoms with Crippen LogP contribution in [-0.4, -0.2) is 39.0 Å². The molecule has 1 saturated heterocycles. The summed E-state index contributed by atoms with van der Waals surface area (Å²) in [5, 5.41) is 5.48. The van der Waals surface area contributed by atoms with Gasteiger partial charge < -0.3 is 15.4 Å². The van der Waals surface area contributed by atoms with Crippen LogP contribution in [0, 0.1) is 0 Å². The van der Waals surface area contributed by atoms with Crippen LogP contribution in [0.3, 0.4) is 0 Å². The fourth-order valence-electron chi connectivity index (χ4n) is 3.14. The van der Waals surface area contributed by atoms with Gasteiger partial charge in [0.15, 0.2) is 0 Å². The highest BCUT2D eigenvalue weighted by Crippen LogP contribution is 2.25. The van der Waals surface area contributed by atoms with Gasteiger partial charge >= 0.3 is 6.03 Å². The number of benzene rings is 2. The number of anilines is 1. The van der Waals surface area contributed by atoms with Gasteiger partial charge in [0, 0.05) is 25.3 Å². The van der Waals surface area contributed by atoms with Gasteiger partial charge in [0.1, 0.15) is 5.75 Å². The second kappa shape index (κ2) is 9.60. The average molecular weight is 482 g/mol. The molecule has 156 valence electrons. The molecular formula is C20H24BrN3O4S. The van der Waals surface area contributed by atoms with E-state index < -0.39 is 10.0 Å². The number of nitrogens with one attached hydrogen (secondary N) is 2. The van der Waals surface area contributed by atoms with E-state index >= 15 is 0 Å². The van der Waals surface area contributed by atoms with Gasteiger partial charge in [0.2, 0.25) is 10.0 Å². The fourth-order valence-corrected chi connectivity index (χ4v) is 5.25. The summed E-state index contributed by atoms with van der Waals surface area (Å²) in [6.45, 7) is 1.47. The molecule has 0 spiro atoms. The van der Waals surface area contributed by atoms with Crippen molar-refractivity contribution < 1.29 is 17.9 Å². The molecule has 1 aliphatic rings. The van der Waals surface area contributed by atoms with Crippen molar-refractivity contribution in [2.45, 2.75) is 30.7 Å². The number of carbonyl (C=O) groups is 1. The zero-order valence-corrected chi connectivity index (χ0v) is 18.6. The summed E-state index contributed by atoms with van der Waals surface area (Å²) in [4.78, 5) is 12.4. The van der Waals surface area contributed by atoms with Crippen molar-refractivity contribution in [2.24, 2.45) is 0 Å². The highest BCUT2D eigenvalue weighted by Gasteiger charge is 2.25. The standard InChI is InChI=1S/C20H24BrN3O4S/c1-28-19-10-5-15(13-18(19)21)14-22-20(25)23-16-6-8-17(9-7-16)29(26,27)24-11-3-2-4-12-24/h5-10,13H,2-4,11-12,14H2,1H3,(H2,22,23,25). The predicted octanol–water partition coefficient (Wildman–Crippen LogP) is 3.95. The van der Waals surface area contributed by atoms with Gasteiger partial charge in [0.25, 0.3) is 0 Å². The molecule has 3 rings (SSSR count). The third-order valence-corrected chi connectivity index (χ3v) is 7.27. The van der Waals surface area contributed by atoms with E-state index in [0.717, 1.165) is 35.0 Å². The summed E-state index contributed by atoms with van der Waals surface area (Å²) in [5.41, 5.74) is 1.44. The molecule has 2 N–H and O–H groups in total. The first-order valence-corrected chi connectivity index (χ1v) is 11.6. The van der Waals surface area contributed by atoms with Crippen LogP contribution in [-0.2, 0) is 16.6 Å². The normalized spacial score (nSPS) is 15.0. The first-order chi connectivity index (χ1) is 13.9. The van der Waals surface area contributed by atoms with E-state index in [-0.39, 0.29) is 10.9 Å². The minimum Gasteiger partial charge on any atom is -0.496 e. The second-order valence-electron chi connectivity index (χ2n) is 6.77. The van der Waals surface area contributed by atoms with E-state index in [1.54, 1.807) is 19.2 Å². The SMILES string of the molecule is COc1ccc(CNC(=O)Nc2ccc(S(=O)(=O)N3CCCCC3)cc2)cc1Br. The Bertz CT molecular complexity index is 958. The summed E-state index contributed by atoms with van der Waals surface area (Å²) >= 11 is 3.41. The molecule has 0 aliphatic carbocycles. The molecule has 0 aromatic heterocycles. The lowest BCUT2D eigenvalue weighted by Crippen LogP contribution is -2.35. The number of rotatable bonds is 6. The number of sulfonamides is 1. The van der Waals surface area contributed by atoms with E-state index in [1.165, 1.54) is 16.4 Å². The summed E-state index contributed by atoms with van der Waals surface area (Å²) in [6.07, 6.45) is 2.85. The predicted molar refractivity (Wildman–Crippen MR) is 116 cm³/mol. The molecule has 0 atom stereocenters. The Morgan fingerprint density at radius 1 is 1.10 bits per heavy atom. The summed E-state index contributed by atoms with van der Waals surface area (Å²) in [6, 6.07) is 11.4. The maximum Gasteiger partial charge on any atom is 0.319 e. The molecule has 0 bridgehead atoms. The van der Waals surface area contributed by atoms with Crippen LogP contribution >= 0.6 is 15.9 Å². The smallest absolute Gasteiger partial charge is 0.319 e. The molecule has 0 radical (unpaired) electrons. The van der Waals surface area contributed by atoms with Gasteiger partial charge in [-0.05, 0) is 70.7 Å². The number of halogens is 1. The van der Waals surface area contributed by atoms with Crippen molar-refractivity contribution in [1.29, 1.82) is 0 Å². The lowest BCUT2D eigenvalue weighted by Gasteiger charge is -2.25. The minimum absolute atomic E-state index is 0.244. The molecule has 1 aliphatic heterocycles. The number of amides is 2. The van der Waals surface area contributed by atoms with Crippen LogP contribution in [0.4, 0.5) is 10.5 Å². The van der Waals surface area contributed by atoms with Gasteiger partial charge in [-0.3, -0.25) is 0 Å². The second-order valence-corrected chi connectivity index (χ2v) is 9.56. The third-order valence-electron chi connectivity index (χ3n) is 4.73. The Balaban J connectivity index is 1.56. The van der Waals surface area contributed by atoms with E-state index in [1.807, 2.05) is 18.2 Å². The Labute approximate surface area is 179 Å². The number of nitrogens with zero attached hydrogens (tertiary/aromatic N) is 1. The molecule has 7 nitrogen and oxygen atoms in total. The Morgan fingerprint density at radius 3 is 2.41 bits per heavy atom. The van der Waals surface area contributed by atoms with Gasteiger partial charge in [-0.15, -0.1) is 0 Å². The lowest BCUT2D eigenvalue weighted by atomic mass is 10.2. The van der Waals surface area contributed by atoms with E-state index in [0.29, 0.717) is 25.3 Å². The molecule has 1 fully saturated rings. The number of hydrogen-bond donors (Lipinski definition) is 2. The number of piperidine rings is 1. The number of urea groups is 1. The quantitative estimate of drug-likeness (QED) is 0.653. The minimum atomic E-state index is -3.47. The zero-order chi connectivity index (χ0) is 20.9. The zero-order valence-electron chi connectivity index (χ0n) is 16.2. The Kier molecular flexibility index (Phi) is 7.15. The van der Waals surface area contributed by atoms with Crippen LogP contribution in [0.2, 0.25) is 0 Å². The van der Waals surface area contributed by atoms with E-state index in [2.05, 4.69) is 26.6 Å². The summed E-state index contributed by atoms with van der Waals surface area (Å²) in [5.74, 6) is 0.720. The summed E-state index contributed by atoms with van der Waals surface area (Å²) < 4.78 is 32.9. The van der Waals surface area contributed by atoms with Crippen LogP contribution in [0.15, 0.2) is 51.8 Å². The molecule has 29 heavy (non-hydrogen) atoms.